The molecule has 6 aliphatic heterocycles. The number of fused-ring (bicyclic) bond motifs is 4. The smallest absolute Gasteiger partial charge is 0.308 e. The lowest BCUT2D eigenvalue weighted by atomic mass is 9.95. The Balaban J connectivity index is 0.000000159. The zero-order valence-electron chi connectivity index (χ0n) is 29.2. The van der Waals surface area contributed by atoms with E-state index in [1.807, 2.05) is 34.9 Å². The molecule has 8 atom stereocenters. The summed E-state index contributed by atoms with van der Waals surface area (Å²) in [4.78, 5) is 31.7. The third-order valence-electron chi connectivity index (χ3n) is 11.5. The summed E-state index contributed by atoms with van der Waals surface area (Å²) in [5.41, 5.74) is 10.6. The highest BCUT2D eigenvalue weighted by atomic mass is 35.5. The molecule has 0 aliphatic carbocycles. The number of anilines is 2. The molecule has 2 aromatic rings. The third-order valence-corrected chi connectivity index (χ3v) is 11.5. The third kappa shape index (κ3) is 8.06. The predicted molar refractivity (Wildman–Crippen MR) is 196 cm³/mol. The van der Waals surface area contributed by atoms with Crippen LogP contribution in [0.5, 0.6) is 0 Å². The number of hydrogen-bond acceptors (Lipinski definition) is 9. The number of benzene rings is 2. The molecular weight excluding hydrogens is 652 g/mol. The van der Waals surface area contributed by atoms with E-state index in [1.54, 1.807) is 0 Å². The molecule has 6 saturated heterocycles. The summed E-state index contributed by atoms with van der Waals surface area (Å²) >= 11 is 0. The number of carbonyl (C=O) groups is 2. The Bertz CT molecular complexity index is 1590. The predicted octanol–water partition coefficient (Wildman–Crippen LogP) is 4.38. The van der Waals surface area contributed by atoms with E-state index < -0.39 is 5.97 Å². The first-order valence-electron chi connectivity index (χ1n) is 17.9. The number of carboxylic acid groups (broad SMARTS) is 1. The van der Waals surface area contributed by atoms with Crippen molar-refractivity contribution in [2.45, 2.75) is 101 Å². The molecule has 12 heteroatoms. The number of amides is 1. The van der Waals surface area contributed by atoms with Crippen molar-refractivity contribution in [3.05, 3.63) is 59.7 Å². The molecule has 6 fully saturated rings. The van der Waals surface area contributed by atoms with Gasteiger partial charge in [0.2, 0.25) is 5.91 Å². The molecule has 268 valence electrons. The summed E-state index contributed by atoms with van der Waals surface area (Å²) in [6.07, 6.45) is 12.5. The van der Waals surface area contributed by atoms with Crippen LogP contribution in [-0.2, 0) is 9.59 Å². The van der Waals surface area contributed by atoms with Gasteiger partial charge >= 0.3 is 5.97 Å². The monoisotopic (exact) mass is 702 g/mol. The molecular formula is C38H51ClN8O3. The molecule has 0 saturated carbocycles. The fraction of sp³-hybridized carbons (Fsp3) is 0.579. The molecule has 4 bridgehead atoms. The van der Waals surface area contributed by atoms with Crippen LogP contribution in [0.3, 0.4) is 0 Å². The normalized spacial score (nSPS) is 30.0. The van der Waals surface area contributed by atoms with Gasteiger partial charge in [-0.1, -0.05) is 24.3 Å². The van der Waals surface area contributed by atoms with Crippen molar-refractivity contribution in [2.24, 2.45) is 17.6 Å². The summed E-state index contributed by atoms with van der Waals surface area (Å²) in [7, 11) is 0. The lowest BCUT2D eigenvalue weighted by Crippen LogP contribution is -2.46. The lowest BCUT2D eigenvalue weighted by Gasteiger charge is -2.24. The van der Waals surface area contributed by atoms with Crippen molar-refractivity contribution >= 4 is 35.7 Å². The average Bonchev–Trinajstić information content (AvgIpc) is 3.95. The second kappa shape index (κ2) is 16.2. The first kappa shape index (κ1) is 37.1. The van der Waals surface area contributed by atoms with E-state index >= 15 is 0 Å². The van der Waals surface area contributed by atoms with Gasteiger partial charge in [0, 0.05) is 55.7 Å². The van der Waals surface area contributed by atoms with Crippen LogP contribution in [0.25, 0.3) is 0 Å². The number of aliphatic carboxylic acids is 1. The summed E-state index contributed by atoms with van der Waals surface area (Å²) in [5.74, 6) is -0.656. The molecule has 4 N–H and O–H groups in total. The number of carbonyl (C=O) groups excluding carboxylic acids is 1. The summed E-state index contributed by atoms with van der Waals surface area (Å²) < 4.78 is 0. The molecule has 0 spiro atoms. The number of aryl methyl sites for hydroxylation is 2. The van der Waals surface area contributed by atoms with E-state index in [1.165, 1.54) is 23.2 Å². The maximum atomic E-state index is 12.7. The summed E-state index contributed by atoms with van der Waals surface area (Å²) in [6.45, 7) is 7.36. The van der Waals surface area contributed by atoms with Gasteiger partial charge in [0.05, 0.1) is 30.0 Å². The number of nitriles is 2. The molecule has 8 rings (SSSR count). The molecule has 2 aromatic carbocycles. The van der Waals surface area contributed by atoms with Gasteiger partial charge in [-0.05, 0) is 101 Å². The van der Waals surface area contributed by atoms with Crippen LogP contribution in [0.15, 0.2) is 48.5 Å². The quantitative estimate of drug-likeness (QED) is 0.383. The van der Waals surface area contributed by atoms with Crippen LogP contribution >= 0.6 is 12.4 Å². The van der Waals surface area contributed by atoms with E-state index in [4.69, 9.17) is 16.1 Å². The number of halogens is 1. The largest absolute Gasteiger partial charge is 0.481 e. The van der Waals surface area contributed by atoms with Crippen molar-refractivity contribution in [3.8, 4) is 12.4 Å². The zero-order chi connectivity index (χ0) is 34.7. The number of rotatable bonds is 5. The highest BCUT2D eigenvalue weighted by Crippen LogP contribution is 2.38. The standard InChI is InChI=1S/C19H24N4O.C12H15NO2.C7H11N3.ClH/c1-13-3-2-4-15(9-13)22-8-7-14(11-22)19(24)21-17-10-16-5-6-18(17)23(16)12-20;1-9-3-2-4-11(7-9)13-6-5-10(8-13)12(14)15;8-4-10-5-1-2-7(10)6(9)3-5;/h2-4,9,14,16-18H,5-8,10-11H2,1H3,(H,21,24);2-4,7,10H,5-6,8H2,1H3,(H,14,15);5-7H,1-3,9H2;1H/t14-,16?,17+,18?;10-;5-,6+,7+;/m000./s1. The molecule has 1 amide bonds. The van der Waals surface area contributed by atoms with Crippen LogP contribution < -0.4 is 20.9 Å². The van der Waals surface area contributed by atoms with E-state index in [9.17, 15) is 14.9 Å². The van der Waals surface area contributed by atoms with Gasteiger partial charge in [0.15, 0.2) is 12.4 Å². The van der Waals surface area contributed by atoms with Crippen molar-refractivity contribution < 1.29 is 14.7 Å². The molecule has 11 nitrogen and oxygen atoms in total. The number of carboxylic acids is 1. The van der Waals surface area contributed by atoms with Gasteiger partial charge in [-0.25, -0.2) is 0 Å². The SMILES string of the molecule is Cc1cccc(N2CC[C@H](C(=O)N[C@@H]3CC4CCC3N4C#N)C2)c1.Cc1cccc(N2CC[C@H](C(=O)O)C2)c1.Cl.N#CN1[C@H]2CC[C@@H]1[C@H](N)C2. The highest BCUT2D eigenvalue weighted by molar-refractivity contribution is 5.85. The van der Waals surface area contributed by atoms with Crippen LogP contribution in [0.2, 0.25) is 0 Å². The minimum absolute atomic E-state index is 0. The van der Waals surface area contributed by atoms with Crippen LogP contribution in [0.1, 0.15) is 62.5 Å². The number of nitrogens with two attached hydrogens (primary N) is 1. The number of nitrogens with zero attached hydrogens (tertiary/aromatic N) is 6. The Labute approximate surface area is 302 Å². The second-order valence-corrected chi connectivity index (χ2v) is 14.7. The number of hydrogen-bond donors (Lipinski definition) is 3. The Kier molecular flexibility index (Phi) is 12.0. The Morgan fingerprint density at radius 2 is 1.30 bits per heavy atom. The van der Waals surface area contributed by atoms with Crippen LogP contribution in [-0.4, -0.2) is 89.2 Å². The van der Waals surface area contributed by atoms with E-state index in [2.05, 4.69) is 64.8 Å². The molecule has 50 heavy (non-hydrogen) atoms. The van der Waals surface area contributed by atoms with Gasteiger partial charge in [0.25, 0.3) is 0 Å². The fourth-order valence-corrected chi connectivity index (χ4v) is 8.85. The zero-order valence-corrected chi connectivity index (χ0v) is 30.0. The maximum absolute atomic E-state index is 12.7. The molecule has 2 unspecified atom stereocenters. The highest BCUT2D eigenvalue weighted by Gasteiger charge is 2.47. The van der Waals surface area contributed by atoms with Gasteiger partial charge in [-0.3, -0.25) is 9.59 Å². The average molecular weight is 703 g/mol. The maximum Gasteiger partial charge on any atom is 0.308 e. The van der Waals surface area contributed by atoms with Crippen molar-refractivity contribution in [3.63, 3.8) is 0 Å². The first-order chi connectivity index (χ1) is 23.6. The van der Waals surface area contributed by atoms with Crippen LogP contribution in [0, 0.1) is 48.6 Å². The minimum Gasteiger partial charge on any atom is -0.481 e. The fourth-order valence-electron chi connectivity index (χ4n) is 8.85. The Morgan fingerprint density at radius 1 is 0.780 bits per heavy atom. The molecule has 6 heterocycles. The Morgan fingerprint density at radius 3 is 1.74 bits per heavy atom. The van der Waals surface area contributed by atoms with Crippen molar-refractivity contribution in [2.75, 3.05) is 36.0 Å². The first-order valence-corrected chi connectivity index (χ1v) is 17.9. The molecule has 0 aromatic heterocycles. The van der Waals surface area contributed by atoms with Crippen molar-refractivity contribution in [1.82, 2.24) is 15.1 Å². The Hall–Kier alpha value is -4.19. The van der Waals surface area contributed by atoms with Crippen molar-refractivity contribution in [1.29, 1.82) is 10.5 Å². The van der Waals surface area contributed by atoms with Crippen LogP contribution in [0.4, 0.5) is 11.4 Å². The summed E-state index contributed by atoms with van der Waals surface area (Å²) in [6, 6.07) is 18.5. The molecule has 0 radical (unpaired) electrons. The van der Waals surface area contributed by atoms with Gasteiger partial charge in [-0.15, -0.1) is 12.4 Å². The van der Waals surface area contributed by atoms with E-state index in [-0.39, 0.29) is 48.3 Å². The van der Waals surface area contributed by atoms with Gasteiger partial charge < -0.3 is 35.8 Å². The summed E-state index contributed by atoms with van der Waals surface area (Å²) in [5, 5.41) is 30.1. The van der Waals surface area contributed by atoms with E-state index in [0.717, 1.165) is 70.3 Å². The minimum atomic E-state index is -0.676. The van der Waals surface area contributed by atoms with Gasteiger partial charge in [0.1, 0.15) is 0 Å². The number of nitrogens with one attached hydrogen (secondary N) is 1. The lowest BCUT2D eigenvalue weighted by molar-refractivity contribution is -0.140. The van der Waals surface area contributed by atoms with E-state index in [0.29, 0.717) is 24.7 Å². The second-order valence-electron chi connectivity index (χ2n) is 14.7. The molecule has 6 aliphatic rings. The van der Waals surface area contributed by atoms with Gasteiger partial charge in [-0.2, -0.15) is 10.5 Å². The topological polar surface area (TPSA) is 153 Å².